The van der Waals surface area contributed by atoms with Crippen LogP contribution in [0.15, 0.2) is 11.2 Å². The number of likely N-dealkylation sites (N-methyl/N-ethyl adjacent to an activating group) is 1. The Bertz CT molecular complexity index is 567. The molecule has 2 aliphatic rings. The van der Waals surface area contributed by atoms with Gasteiger partial charge < -0.3 is 16.0 Å². The van der Waals surface area contributed by atoms with Gasteiger partial charge in [-0.3, -0.25) is 4.90 Å². The van der Waals surface area contributed by atoms with Crippen molar-refractivity contribution in [1.82, 2.24) is 19.8 Å². The number of aromatic nitrogens is 2. The Hall–Kier alpha value is -1.05. The largest absolute Gasteiger partial charge is 0.383 e. The highest BCUT2D eigenvalue weighted by molar-refractivity contribution is 7.99. The van der Waals surface area contributed by atoms with Crippen LogP contribution in [0.5, 0.6) is 0 Å². The van der Waals surface area contributed by atoms with E-state index in [1.165, 1.54) is 64.7 Å². The van der Waals surface area contributed by atoms with Gasteiger partial charge in [0.2, 0.25) is 0 Å². The van der Waals surface area contributed by atoms with Gasteiger partial charge in [-0.2, -0.15) is 0 Å². The van der Waals surface area contributed by atoms with Crippen molar-refractivity contribution in [1.29, 1.82) is 0 Å². The van der Waals surface area contributed by atoms with Crippen molar-refractivity contribution in [2.75, 3.05) is 56.6 Å². The predicted molar refractivity (Wildman–Crippen MR) is 111 cm³/mol. The van der Waals surface area contributed by atoms with Crippen molar-refractivity contribution < 1.29 is 0 Å². The Balaban J connectivity index is 1.64. The molecule has 0 amide bonds. The third-order valence-corrected chi connectivity index (χ3v) is 6.69. The molecule has 0 bridgehead atoms. The average molecular weight is 379 g/mol. The Morgan fingerprint density at radius 2 is 1.92 bits per heavy atom. The lowest BCUT2D eigenvalue weighted by Crippen LogP contribution is -2.58. The third-order valence-electron chi connectivity index (χ3n) is 5.76. The second kappa shape index (κ2) is 9.24. The lowest BCUT2D eigenvalue weighted by atomic mass is 9.93. The van der Waals surface area contributed by atoms with Crippen LogP contribution in [0.3, 0.4) is 0 Å². The van der Waals surface area contributed by atoms with E-state index in [1.54, 1.807) is 11.8 Å². The summed E-state index contributed by atoms with van der Waals surface area (Å²) in [6, 6.07) is 1.87. The Morgan fingerprint density at radius 3 is 2.62 bits per heavy atom. The van der Waals surface area contributed by atoms with Crippen molar-refractivity contribution >= 4 is 23.4 Å². The summed E-state index contributed by atoms with van der Waals surface area (Å²) in [6.45, 7) is 7.82. The van der Waals surface area contributed by atoms with Gasteiger partial charge in [-0.1, -0.05) is 37.9 Å². The first kappa shape index (κ1) is 19.7. The normalized spacial score (nSPS) is 21.2. The first-order chi connectivity index (χ1) is 12.6. The number of nitrogens with zero attached hydrogens (tertiary/aromatic N) is 4. The van der Waals surface area contributed by atoms with Crippen LogP contribution in [0.2, 0.25) is 0 Å². The number of nitrogens with two attached hydrogens (primary N) is 1. The molecule has 3 N–H and O–H groups in total. The maximum absolute atomic E-state index is 6.02. The summed E-state index contributed by atoms with van der Waals surface area (Å²) in [5, 5.41) is 4.40. The SMILES string of the molecule is CCCCSc1nc(N)cc(NCC2(N3CCN(C)CC3)CCCC2)n1. The fourth-order valence-electron chi connectivity index (χ4n) is 4.08. The molecule has 6 nitrogen and oxygen atoms in total. The summed E-state index contributed by atoms with van der Waals surface area (Å²) in [4.78, 5) is 14.2. The maximum Gasteiger partial charge on any atom is 0.191 e. The smallest absolute Gasteiger partial charge is 0.191 e. The molecule has 146 valence electrons. The van der Waals surface area contributed by atoms with E-state index < -0.39 is 0 Å². The molecule has 2 fully saturated rings. The van der Waals surface area contributed by atoms with E-state index in [0.29, 0.717) is 5.82 Å². The van der Waals surface area contributed by atoms with Gasteiger partial charge in [0.05, 0.1) is 0 Å². The Morgan fingerprint density at radius 1 is 1.19 bits per heavy atom. The lowest BCUT2D eigenvalue weighted by molar-refractivity contribution is 0.0510. The molecule has 3 rings (SSSR count). The molecule has 26 heavy (non-hydrogen) atoms. The summed E-state index contributed by atoms with van der Waals surface area (Å²) in [5.41, 5.74) is 6.29. The van der Waals surface area contributed by atoms with Crippen LogP contribution in [0, 0.1) is 0 Å². The van der Waals surface area contributed by atoms with Crippen LogP contribution in [0.4, 0.5) is 11.6 Å². The number of rotatable bonds is 8. The van der Waals surface area contributed by atoms with E-state index >= 15 is 0 Å². The highest BCUT2D eigenvalue weighted by atomic mass is 32.2. The molecule has 1 saturated heterocycles. The molecular weight excluding hydrogens is 344 g/mol. The second-order valence-electron chi connectivity index (χ2n) is 7.74. The van der Waals surface area contributed by atoms with E-state index in [9.17, 15) is 0 Å². The molecule has 0 unspecified atom stereocenters. The Labute approximate surface area is 162 Å². The molecule has 7 heteroatoms. The number of hydrogen-bond donors (Lipinski definition) is 2. The van der Waals surface area contributed by atoms with E-state index in [4.69, 9.17) is 5.73 Å². The maximum atomic E-state index is 6.02. The standard InChI is InChI=1S/C19H34N6S/c1-3-4-13-26-18-22-16(20)14-17(23-18)21-15-19(7-5-6-8-19)25-11-9-24(2)10-12-25/h14H,3-13,15H2,1-2H3,(H3,20,21,22,23). The summed E-state index contributed by atoms with van der Waals surface area (Å²) < 4.78 is 0. The molecule has 1 aromatic heterocycles. The molecule has 0 spiro atoms. The summed E-state index contributed by atoms with van der Waals surface area (Å²) in [6.07, 6.45) is 7.59. The molecule has 1 aliphatic heterocycles. The van der Waals surface area contributed by atoms with E-state index in [2.05, 4.69) is 39.1 Å². The van der Waals surface area contributed by atoms with Gasteiger partial charge >= 0.3 is 0 Å². The van der Waals surface area contributed by atoms with Gasteiger partial charge in [0.15, 0.2) is 5.16 Å². The van der Waals surface area contributed by atoms with Gasteiger partial charge in [0, 0.05) is 50.1 Å². The number of piperazine rings is 1. The monoisotopic (exact) mass is 378 g/mol. The summed E-state index contributed by atoms with van der Waals surface area (Å²) >= 11 is 1.70. The van der Waals surface area contributed by atoms with Crippen LogP contribution in [0.1, 0.15) is 45.4 Å². The minimum absolute atomic E-state index is 0.274. The number of unbranched alkanes of at least 4 members (excludes halogenated alkanes) is 1. The first-order valence-electron chi connectivity index (χ1n) is 10.1. The van der Waals surface area contributed by atoms with Crippen LogP contribution in [0.25, 0.3) is 0 Å². The molecular formula is C19H34N6S. The third kappa shape index (κ3) is 5.02. The number of hydrogen-bond acceptors (Lipinski definition) is 7. The van der Waals surface area contributed by atoms with Gasteiger partial charge in [-0.25, -0.2) is 9.97 Å². The molecule has 2 heterocycles. The van der Waals surface area contributed by atoms with Gasteiger partial charge in [0.25, 0.3) is 0 Å². The van der Waals surface area contributed by atoms with Crippen LogP contribution in [-0.4, -0.2) is 70.8 Å². The molecule has 1 saturated carbocycles. The first-order valence-corrected chi connectivity index (χ1v) is 11.0. The minimum Gasteiger partial charge on any atom is -0.383 e. The topological polar surface area (TPSA) is 70.3 Å². The van der Waals surface area contributed by atoms with E-state index in [-0.39, 0.29) is 5.54 Å². The van der Waals surface area contributed by atoms with Gasteiger partial charge in [-0.15, -0.1) is 0 Å². The Kier molecular flexibility index (Phi) is 7.00. The fraction of sp³-hybridized carbons (Fsp3) is 0.789. The zero-order chi connectivity index (χ0) is 18.4. The zero-order valence-electron chi connectivity index (χ0n) is 16.3. The fourth-order valence-corrected chi connectivity index (χ4v) is 5.03. The molecule has 1 aliphatic carbocycles. The van der Waals surface area contributed by atoms with Crippen LogP contribution < -0.4 is 11.1 Å². The van der Waals surface area contributed by atoms with Gasteiger partial charge in [0.1, 0.15) is 11.6 Å². The van der Waals surface area contributed by atoms with Crippen molar-refractivity contribution in [3.63, 3.8) is 0 Å². The van der Waals surface area contributed by atoms with E-state index in [0.717, 1.165) is 23.3 Å². The second-order valence-corrected chi connectivity index (χ2v) is 8.80. The van der Waals surface area contributed by atoms with Crippen LogP contribution in [-0.2, 0) is 0 Å². The molecule has 0 aromatic carbocycles. The van der Waals surface area contributed by atoms with Crippen LogP contribution >= 0.6 is 11.8 Å². The minimum atomic E-state index is 0.274. The highest BCUT2D eigenvalue weighted by Gasteiger charge is 2.40. The lowest BCUT2D eigenvalue weighted by Gasteiger charge is -2.45. The van der Waals surface area contributed by atoms with Crippen molar-refractivity contribution in [2.24, 2.45) is 0 Å². The zero-order valence-corrected chi connectivity index (χ0v) is 17.2. The van der Waals surface area contributed by atoms with Gasteiger partial charge in [-0.05, 0) is 26.3 Å². The average Bonchev–Trinajstić information content (AvgIpc) is 3.11. The predicted octanol–water partition coefficient (Wildman–Crippen LogP) is 2.92. The number of nitrogen functional groups attached to an aromatic ring is 1. The number of thioether (sulfide) groups is 1. The molecule has 1 aromatic rings. The van der Waals surface area contributed by atoms with Crippen molar-refractivity contribution in [3.8, 4) is 0 Å². The quantitative estimate of drug-likeness (QED) is 0.409. The summed E-state index contributed by atoms with van der Waals surface area (Å²) in [7, 11) is 2.22. The van der Waals surface area contributed by atoms with Crippen molar-refractivity contribution in [3.05, 3.63) is 6.07 Å². The molecule has 0 radical (unpaired) electrons. The summed E-state index contributed by atoms with van der Waals surface area (Å²) in [5.74, 6) is 2.48. The highest BCUT2D eigenvalue weighted by Crippen LogP contribution is 2.36. The van der Waals surface area contributed by atoms with E-state index in [1.807, 2.05) is 6.07 Å². The number of nitrogens with one attached hydrogen (secondary N) is 1. The number of anilines is 2. The molecule has 0 atom stereocenters. The van der Waals surface area contributed by atoms with Crippen molar-refractivity contribution in [2.45, 2.75) is 56.1 Å².